The molecule has 0 spiro atoms. The number of hydrogen-bond acceptors (Lipinski definition) is 4. The third-order valence-corrected chi connectivity index (χ3v) is 3.85. The van der Waals surface area contributed by atoms with E-state index in [1.54, 1.807) is 24.3 Å². The Balaban J connectivity index is 1.69. The van der Waals surface area contributed by atoms with Crippen molar-refractivity contribution in [2.24, 2.45) is 0 Å². The average Bonchev–Trinajstić information content (AvgIpc) is 2.55. The van der Waals surface area contributed by atoms with Gasteiger partial charge in [-0.3, -0.25) is 4.79 Å². The quantitative estimate of drug-likeness (QED) is 0.872. The van der Waals surface area contributed by atoms with Crippen LogP contribution in [0.4, 0.5) is 0 Å². The smallest absolute Gasteiger partial charge is 0.258 e. The van der Waals surface area contributed by atoms with Crippen molar-refractivity contribution in [3.63, 3.8) is 0 Å². The van der Waals surface area contributed by atoms with Gasteiger partial charge in [0.1, 0.15) is 5.75 Å². The van der Waals surface area contributed by atoms with E-state index in [2.05, 4.69) is 17.1 Å². The highest BCUT2D eigenvalue weighted by atomic mass is 16.5. The van der Waals surface area contributed by atoms with Crippen molar-refractivity contribution in [1.29, 1.82) is 5.26 Å². The SMILES string of the molecule is CCCN1CCC(NC(=O)COc2ccc(C#N)cc2)CC1. The van der Waals surface area contributed by atoms with Crippen LogP contribution in [-0.4, -0.2) is 43.1 Å². The molecule has 1 heterocycles. The van der Waals surface area contributed by atoms with Crippen molar-refractivity contribution >= 4 is 5.91 Å². The van der Waals surface area contributed by atoms with Crippen molar-refractivity contribution < 1.29 is 9.53 Å². The summed E-state index contributed by atoms with van der Waals surface area (Å²) >= 11 is 0. The van der Waals surface area contributed by atoms with Crippen molar-refractivity contribution in [3.8, 4) is 11.8 Å². The van der Waals surface area contributed by atoms with Crippen LogP contribution >= 0.6 is 0 Å². The maximum absolute atomic E-state index is 11.9. The molecular weight excluding hydrogens is 278 g/mol. The molecular formula is C17H23N3O2. The Morgan fingerprint density at radius 1 is 1.36 bits per heavy atom. The average molecular weight is 301 g/mol. The monoisotopic (exact) mass is 301 g/mol. The van der Waals surface area contributed by atoms with E-state index >= 15 is 0 Å². The first-order chi connectivity index (χ1) is 10.7. The summed E-state index contributed by atoms with van der Waals surface area (Å²) in [4.78, 5) is 14.4. The van der Waals surface area contributed by atoms with Crippen LogP contribution < -0.4 is 10.1 Å². The Hall–Kier alpha value is -2.06. The van der Waals surface area contributed by atoms with Gasteiger partial charge in [-0.2, -0.15) is 5.26 Å². The lowest BCUT2D eigenvalue weighted by molar-refractivity contribution is -0.124. The minimum absolute atomic E-state index is 0.0150. The van der Waals surface area contributed by atoms with Crippen molar-refractivity contribution in [2.75, 3.05) is 26.2 Å². The molecule has 0 atom stereocenters. The first kappa shape index (κ1) is 16.3. The summed E-state index contributed by atoms with van der Waals surface area (Å²) in [7, 11) is 0. The Bertz CT molecular complexity index is 514. The van der Waals surface area contributed by atoms with Gasteiger partial charge < -0.3 is 15.0 Å². The molecule has 0 aliphatic carbocycles. The summed E-state index contributed by atoms with van der Waals surface area (Å²) < 4.78 is 5.44. The molecule has 1 saturated heterocycles. The van der Waals surface area contributed by atoms with Crippen molar-refractivity contribution in [2.45, 2.75) is 32.2 Å². The molecule has 22 heavy (non-hydrogen) atoms. The molecule has 2 rings (SSSR count). The van der Waals surface area contributed by atoms with Crippen molar-refractivity contribution in [3.05, 3.63) is 29.8 Å². The normalized spacial score (nSPS) is 16.0. The molecule has 1 aromatic carbocycles. The Morgan fingerprint density at radius 3 is 2.64 bits per heavy atom. The van der Waals surface area contributed by atoms with Crippen LogP contribution in [-0.2, 0) is 4.79 Å². The minimum Gasteiger partial charge on any atom is -0.484 e. The fraction of sp³-hybridized carbons (Fsp3) is 0.529. The molecule has 0 bridgehead atoms. The zero-order chi connectivity index (χ0) is 15.8. The van der Waals surface area contributed by atoms with Gasteiger partial charge in [0.15, 0.2) is 6.61 Å². The fourth-order valence-electron chi connectivity index (χ4n) is 2.66. The predicted molar refractivity (Wildman–Crippen MR) is 84.5 cm³/mol. The number of nitriles is 1. The molecule has 1 aromatic rings. The number of carbonyl (C=O) groups is 1. The van der Waals surface area contributed by atoms with E-state index in [0.717, 1.165) is 32.5 Å². The van der Waals surface area contributed by atoms with Gasteiger partial charge in [0.25, 0.3) is 5.91 Å². The van der Waals surface area contributed by atoms with Gasteiger partial charge in [0, 0.05) is 19.1 Å². The highest BCUT2D eigenvalue weighted by Gasteiger charge is 2.20. The topological polar surface area (TPSA) is 65.4 Å². The number of rotatable bonds is 6. The molecule has 118 valence electrons. The molecule has 5 nitrogen and oxygen atoms in total. The van der Waals surface area contributed by atoms with Gasteiger partial charge in [-0.15, -0.1) is 0 Å². The summed E-state index contributed by atoms with van der Waals surface area (Å²) in [5, 5.41) is 11.8. The molecule has 1 aliphatic rings. The van der Waals surface area contributed by atoms with Crippen LogP contribution in [0.15, 0.2) is 24.3 Å². The number of nitrogens with zero attached hydrogens (tertiary/aromatic N) is 2. The van der Waals surface area contributed by atoms with E-state index in [9.17, 15) is 4.79 Å². The Morgan fingerprint density at radius 2 is 2.05 bits per heavy atom. The summed E-state index contributed by atoms with van der Waals surface area (Å²) in [5.74, 6) is 0.519. The van der Waals surface area contributed by atoms with Gasteiger partial charge in [-0.05, 0) is 50.1 Å². The number of piperidine rings is 1. The lowest BCUT2D eigenvalue weighted by atomic mass is 10.0. The largest absolute Gasteiger partial charge is 0.484 e. The molecule has 0 radical (unpaired) electrons. The number of ether oxygens (including phenoxy) is 1. The number of nitrogens with one attached hydrogen (secondary N) is 1. The zero-order valence-electron chi connectivity index (χ0n) is 13.0. The fourth-order valence-corrected chi connectivity index (χ4v) is 2.66. The van der Waals surface area contributed by atoms with Gasteiger partial charge in [-0.1, -0.05) is 6.92 Å². The molecule has 5 heteroatoms. The third-order valence-electron chi connectivity index (χ3n) is 3.85. The van der Waals surface area contributed by atoms with E-state index in [0.29, 0.717) is 11.3 Å². The summed E-state index contributed by atoms with van der Waals surface area (Å²) in [5.41, 5.74) is 0.579. The summed E-state index contributed by atoms with van der Waals surface area (Å²) in [6.07, 6.45) is 3.18. The lowest BCUT2D eigenvalue weighted by Crippen LogP contribution is -2.46. The van der Waals surface area contributed by atoms with E-state index in [4.69, 9.17) is 10.00 Å². The number of carbonyl (C=O) groups excluding carboxylic acids is 1. The van der Waals surface area contributed by atoms with Crippen LogP contribution in [0.2, 0.25) is 0 Å². The van der Waals surface area contributed by atoms with Crippen LogP contribution in [0.25, 0.3) is 0 Å². The molecule has 1 N–H and O–H groups in total. The van der Waals surface area contributed by atoms with E-state index < -0.39 is 0 Å². The minimum atomic E-state index is -0.0849. The van der Waals surface area contributed by atoms with E-state index in [1.165, 1.54) is 6.42 Å². The molecule has 0 unspecified atom stereocenters. The molecule has 1 aliphatic heterocycles. The van der Waals surface area contributed by atoms with Gasteiger partial charge in [0.2, 0.25) is 0 Å². The predicted octanol–water partition coefficient (Wildman–Crippen LogP) is 1.93. The van der Waals surface area contributed by atoms with Gasteiger partial charge >= 0.3 is 0 Å². The van der Waals surface area contributed by atoms with Crippen LogP contribution in [0.1, 0.15) is 31.7 Å². The van der Waals surface area contributed by atoms with E-state index in [1.807, 2.05) is 6.07 Å². The van der Waals surface area contributed by atoms with Gasteiger partial charge in [0.05, 0.1) is 11.6 Å². The Kier molecular flexibility index (Phi) is 6.23. The first-order valence-electron chi connectivity index (χ1n) is 7.86. The first-order valence-corrected chi connectivity index (χ1v) is 7.86. The Labute approximate surface area is 131 Å². The summed E-state index contributed by atoms with van der Waals surface area (Å²) in [6, 6.07) is 9.06. The van der Waals surface area contributed by atoms with Crippen LogP contribution in [0.5, 0.6) is 5.75 Å². The molecule has 1 fully saturated rings. The van der Waals surface area contributed by atoms with E-state index in [-0.39, 0.29) is 18.6 Å². The molecule has 1 amide bonds. The van der Waals surface area contributed by atoms with Gasteiger partial charge in [-0.25, -0.2) is 0 Å². The third kappa shape index (κ3) is 5.05. The van der Waals surface area contributed by atoms with Crippen molar-refractivity contribution in [1.82, 2.24) is 10.2 Å². The maximum Gasteiger partial charge on any atom is 0.258 e. The lowest BCUT2D eigenvalue weighted by Gasteiger charge is -2.32. The van der Waals surface area contributed by atoms with Crippen LogP contribution in [0.3, 0.4) is 0 Å². The number of hydrogen-bond donors (Lipinski definition) is 1. The summed E-state index contributed by atoms with van der Waals surface area (Å²) in [6.45, 7) is 5.45. The molecule has 0 saturated carbocycles. The standard InChI is InChI=1S/C17H23N3O2/c1-2-9-20-10-7-15(8-11-20)19-17(21)13-22-16-5-3-14(12-18)4-6-16/h3-6,15H,2,7-11,13H2,1H3,(H,19,21). The zero-order valence-corrected chi connectivity index (χ0v) is 13.0. The number of likely N-dealkylation sites (tertiary alicyclic amines) is 1. The highest BCUT2D eigenvalue weighted by molar-refractivity contribution is 5.77. The second-order valence-electron chi connectivity index (χ2n) is 5.61. The number of benzene rings is 1. The number of amides is 1. The van der Waals surface area contributed by atoms with Crippen LogP contribution in [0, 0.1) is 11.3 Å². The second kappa shape index (κ2) is 8.40. The molecule has 0 aromatic heterocycles. The second-order valence-corrected chi connectivity index (χ2v) is 5.61. The highest BCUT2D eigenvalue weighted by Crippen LogP contribution is 2.12. The maximum atomic E-state index is 11.9.